The Kier molecular flexibility index (Phi) is 6.58. The van der Waals surface area contributed by atoms with Crippen LogP contribution in [0.15, 0.2) is 52.3 Å². The largest absolute Gasteiger partial charge is 0.493 e. The van der Waals surface area contributed by atoms with Gasteiger partial charge in [-0.1, -0.05) is 17.7 Å². The van der Waals surface area contributed by atoms with Gasteiger partial charge in [0.1, 0.15) is 11.4 Å². The van der Waals surface area contributed by atoms with Crippen molar-refractivity contribution in [1.82, 2.24) is 4.90 Å². The van der Waals surface area contributed by atoms with Crippen LogP contribution in [0.4, 0.5) is 4.79 Å². The zero-order valence-electron chi connectivity index (χ0n) is 15.9. The van der Waals surface area contributed by atoms with E-state index in [4.69, 9.17) is 26.3 Å². The van der Waals surface area contributed by atoms with Gasteiger partial charge in [-0.3, -0.25) is 19.3 Å². The highest BCUT2D eigenvalue weighted by Crippen LogP contribution is 2.35. The second-order valence-electron chi connectivity index (χ2n) is 6.14. The Hall–Kier alpha value is -3.02. The summed E-state index contributed by atoms with van der Waals surface area (Å²) in [5.74, 6) is -1.49. The maximum Gasteiger partial charge on any atom is 0.339 e. The third-order valence-electron chi connectivity index (χ3n) is 3.97. The molecule has 0 bridgehead atoms. The van der Waals surface area contributed by atoms with E-state index < -0.39 is 33.7 Å². The highest BCUT2D eigenvalue weighted by Gasteiger charge is 2.35. The van der Waals surface area contributed by atoms with Crippen LogP contribution in [0.2, 0.25) is 5.02 Å². The monoisotopic (exact) mass is 482 g/mol. The van der Waals surface area contributed by atoms with Gasteiger partial charge in [0, 0.05) is 5.02 Å². The van der Waals surface area contributed by atoms with E-state index in [9.17, 15) is 22.8 Å². The molecule has 1 heterocycles. The number of imide groups is 1. The smallest absolute Gasteiger partial charge is 0.339 e. The summed E-state index contributed by atoms with van der Waals surface area (Å²) in [5.41, 5.74) is 5.42. The highest BCUT2D eigenvalue weighted by atomic mass is 35.5. The van der Waals surface area contributed by atoms with Crippen LogP contribution < -0.4 is 14.7 Å². The maximum atomic E-state index is 12.6. The Bertz CT molecular complexity index is 1190. The van der Waals surface area contributed by atoms with Crippen molar-refractivity contribution in [2.24, 2.45) is 5.73 Å². The fourth-order valence-corrected chi connectivity index (χ4v) is 4.46. The molecule has 9 nitrogen and oxygen atoms in total. The number of ether oxygens (including phenoxy) is 1. The number of primary amides is 1. The predicted octanol–water partition coefficient (Wildman–Crippen LogP) is 2.64. The SMILES string of the molecule is COc1ccc(/C=C2\SC(=O)N(CC(N)=O)C2=O)cc1OS(=O)(=O)c1ccc(Cl)cc1. The van der Waals surface area contributed by atoms with Gasteiger partial charge >= 0.3 is 10.1 Å². The minimum absolute atomic E-state index is 0.0444. The van der Waals surface area contributed by atoms with E-state index in [1.54, 1.807) is 6.07 Å². The van der Waals surface area contributed by atoms with Gasteiger partial charge in [-0.05, 0) is 59.8 Å². The van der Waals surface area contributed by atoms with Crippen LogP contribution in [0, 0.1) is 0 Å². The molecule has 12 heteroatoms. The summed E-state index contributed by atoms with van der Waals surface area (Å²) < 4.78 is 35.6. The van der Waals surface area contributed by atoms with Gasteiger partial charge < -0.3 is 14.7 Å². The first kappa shape index (κ1) is 22.7. The van der Waals surface area contributed by atoms with Crippen LogP contribution in [-0.4, -0.2) is 44.0 Å². The molecule has 1 aliphatic rings. The number of rotatable bonds is 7. The number of carbonyl (C=O) groups excluding carboxylic acids is 3. The fraction of sp³-hybridized carbons (Fsp3) is 0.105. The lowest BCUT2D eigenvalue weighted by Crippen LogP contribution is -2.36. The molecule has 0 unspecified atom stereocenters. The van der Waals surface area contributed by atoms with E-state index in [1.807, 2.05) is 0 Å². The Morgan fingerprint density at radius 1 is 1.16 bits per heavy atom. The summed E-state index contributed by atoms with van der Waals surface area (Å²) in [6, 6.07) is 9.75. The molecule has 3 amide bonds. The number of hydrogen-bond donors (Lipinski definition) is 1. The second-order valence-corrected chi connectivity index (χ2v) is 9.11. The van der Waals surface area contributed by atoms with Gasteiger partial charge in [0.2, 0.25) is 5.91 Å². The average Bonchev–Trinajstić information content (AvgIpc) is 2.95. The Balaban J connectivity index is 1.92. The normalized spacial score (nSPS) is 15.4. The topological polar surface area (TPSA) is 133 Å². The number of thioether (sulfide) groups is 1. The molecule has 2 aromatic rings. The van der Waals surface area contributed by atoms with E-state index in [-0.39, 0.29) is 21.3 Å². The van der Waals surface area contributed by atoms with Crippen molar-refractivity contribution >= 4 is 56.6 Å². The summed E-state index contributed by atoms with van der Waals surface area (Å²) in [7, 11) is -2.85. The van der Waals surface area contributed by atoms with Crippen LogP contribution in [0.3, 0.4) is 0 Å². The molecule has 0 aliphatic carbocycles. The Morgan fingerprint density at radius 3 is 2.45 bits per heavy atom. The molecule has 1 fully saturated rings. The molecule has 0 aromatic heterocycles. The average molecular weight is 483 g/mol. The van der Waals surface area contributed by atoms with Crippen molar-refractivity contribution < 1.29 is 31.7 Å². The zero-order valence-corrected chi connectivity index (χ0v) is 18.3. The van der Waals surface area contributed by atoms with Crippen LogP contribution >= 0.6 is 23.4 Å². The van der Waals surface area contributed by atoms with Gasteiger partial charge in [0.05, 0.1) is 12.0 Å². The first-order valence-electron chi connectivity index (χ1n) is 8.52. The van der Waals surface area contributed by atoms with Gasteiger partial charge in [0.25, 0.3) is 11.1 Å². The summed E-state index contributed by atoms with van der Waals surface area (Å²) in [4.78, 5) is 36.0. The molecule has 1 aliphatic heterocycles. The van der Waals surface area contributed by atoms with Gasteiger partial charge in [-0.25, -0.2) is 0 Å². The van der Waals surface area contributed by atoms with Crippen LogP contribution in [0.1, 0.15) is 5.56 Å². The number of benzene rings is 2. The summed E-state index contributed by atoms with van der Waals surface area (Å²) in [6.45, 7) is -0.529. The molecule has 31 heavy (non-hydrogen) atoms. The van der Waals surface area contributed by atoms with E-state index in [2.05, 4.69) is 0 Å². The lowest BCUT2D eigenvalue weighted by Gasteiger charge is -2.12. The van der Waals surface area contributed by atoms with Crippen molar-refractivity contribution in [3.63, 3.8) is 0 Å². The van der Waals surface area contributed by atoms with Gasteiger partial charge in [-0.2, -0.15) is 8.42 Å². The summed E-state index contributed by atoms with van der Waals surface area (Å²) in [5, 5.41) is -0.269. The molecule has 2 N–H and O–H groups in total. The zero-order chi connectivity index (χ0) is 22.8. The van der Waals surface area contributed by atoms with E-state index in [0.717, 1.165) is 4.90 Å². The number of methoxy groups -OCH3 is 1. The number of nitrogens with two attached hydrogens (primary N) is 1. The minimum Gasteiger partial charge on any atom is -0.493 e. The molecule has 2 aromatic carbocycles. The van der Waals surface area contributed by atoms with Crippen LogP contribution in [0.25, 0.3) is 6.08 Å². The molecular weight excluding hydrogens is 468 g/mol. The lowest BCUT2D eigenvalue weighted by molar-refractivity contribution is -0.127. The van der Waals surface area contributed by atoms with Crippen LogP contribution in [-0.2, 0) is 19.7 Å². The van der Waals surface area contributed by atoms with E-state index in [1.165, 1.54) is 49.6 Å². The first-order valence-corrected chi connectivity index (χ1v) is 11.1. The first-order chi connectivity index (χ1) is 14.6. The number of carbonyl (C=O) groups is 3. The van der Waals surface area contributed by atoms with Crippen molar-refractivity contribution in [3.8, 4) is 11.5 Å². The number of nitrogens with zero attached hydrogens (tertiary/aromatic N) is 1. The molecule has 0 radical (unpaired) electrons. The van der Waals surface area contributed by atoms with Crippen molar-refractivity contribution in [1.29, 1.82) is 0 Å². The number of hydrogen-bond acceptors (Lipinski definition) is 8. The predicted molar refractivity (Wildman–Crippen MR) is 114 cm³/mol. The third kappa shape index (κ3) is 5.19. The second kappa shape index (κ2) is 9.00. The number of amides is 3. The van der Waals surface area contributed by atoms with E-state index >= 15 is 0 Å². The van der Waals surface area contributed by atoms with Crippen LogP contribution in [0.5, 0.6) is 11.5 Å². The Morgan fingerprint density at radius 2 is 1.84 bits per heavy atom. The van der Waals surface area contributed by atoms with Gasteiger partial charge in [0.15, 0.2) is 11.5 Å². The molecule has 0 saturated carbocycles. The molecule has 1 saturated heterocycles. The third-order valence-corrected chi connectivity index (χ3v) is 6.38. The number of halogens is 1. The maximum absolute atomic E-state index is 12.6. The van der Waals surface area contributed by atoms with E-state index in [0.29, 0.717) is 22.3 Å². The van der Waals surface area contributed by atoms with Crippen molar-refractivity contribution in [3.05, 3.63) is 58.0 Å². The van der Waals surface area contributed by atoms with Crippen molar-refractivity contribution in [2.45, 2.75) is 4.90 Å². The molecule has 0 spiro atoms. The minimum atomic E-state index is -4.19. The highest BCUT2D eigenvalue weighted by molar-refractivity contribution is 8.18. The van der Waals surface area contributed by atoms with Gasteiger partial charge in [-0.15, -0.1) is 0 Å². The lowest BCUT2D eigenvalue weighted by atomic mass is 10.2. The van der Waals surface area contributed by atoms with Crippen molar-refractivity contribution in [2.75, 3.05) is 13.7 Å². The summed E-state index contributed by atoms with van der Waals surface area (Å²) in [6.07, 6.45) is 1.37. The quantitative estimate of drug-likeness (QED) is 0.470. The standard InChI is InChI=1S/C19H15ClN2O7S2/c1-28-14-7-2-11(9-16-18(24)22(10-17(21)23)19(25)30-16)8-15(14)29-31(26,27)13-5-3-12(20)4-6-13/h2-9H,10H2,1H3,(H2,21,23)/b16-9-. The molecule has 0 atom stereocenters. The fourth-order valence-electron chi connectivity index (χ4n) is 2.56. The molecular formula is C19H15ClN2O7S2. The Labute approximate surface area is 186 Å². The summed E-state index contributed by atoms with van der Waals surface area (Å²) >= 11 is 6.42. The molecule has 3 rings (SSSR count). The molecule has 162 valence electrons.